The fourth-order valence-electron chi connectivity index (χ4n) is 1.89. The lowest BCUT2D eigenvalue weighted by atomic mass is 10.3. The van der Waals surface area contributed by atoms with Gasteiger partial charge in [-0.1, -0.05) is 13.8 Å². The first-order valence-electron chi connectivity index (χ1n) is 6.15. The molecule has 0 radical (unpaired) electrons. The van der Waals surface area contributed by atoms with E-state index >= 15 is 0 Å². The second-order valence-corrected chi connectivity index (χ2v) is 4.17. The summed E-state index contributed by atoms with van der Waals surface area (Å²) < 4.78 is 1.98. The van der Waals surface area contributed by atoms with Gasteiger partial charge in [-0.05, 0) is 25.5 Å². The predicted molar refractivity (Wildman–Crippen MR) is 67.2 cm³/mol. The Morgan fingerprint density at radius 3 is 2.62 bits per heavy atom. The zero-order valence-corrected chi connectivity index (χ0v) is 10.7. The van der Waals surface area contributed by atoms with Crippen molar-refractivity contribution in [2.75, 3.05) is 19.6 Å². The second kappa shape index (κ2) is 6.66. The van der Waals surface area contributed by atoms with Crippen LogP contribution in [0, 0.1) is 0 Å². The van der Waals surface area contributed by atoms with E-state index in [0.717, 1.165) is 32.6 Å². The first-order chi connectivity index (χ1) is 7.71. The minimum atomic E-state index is 0.721. The molecule has 4 heteroatoms. The van der Waals surface area contributed by atoms with E-state index in [4.69, 9.17) is 5.73 Å². The third-order valence-electron chi connectivity index (χ3n) is 2.76. The van der Waals surface area contributed by atoms with Gasteiger partial charge in [0.1, 0.15) is 0 Å². The zero-order chi connectivity index (χ0) is 12.0. The van der Waals surface area contributed by atoms with Crippen molar-refractivity contribution < 1.29 is 0 Å². The van der Waals surface area contributed by atoms with E-state index in [1.165, 1.54) is 17.8 Å². The van der Waals surface area contributed by atoms with E-state index < -0.39 is 0 Å². The van der Waals surface area contributed by atoms with E-state index in [1.54, 1.807) is 0 Å². The van der Waals surface area contributed by atoms with Crippen molar-refractivity contribution in [3.63, 3.8) is 0 Å². The number of nitrogens with zero attached hydrogens (tertiary/aromatic N) is 3. The van der Waals surface area contributed by atoms with Gasteiger partial charge < -0.3 is 5.73 Å². The van der Waals surface area contributed by atoms with Crippen LogP contribution in [0.1, 0.15) is 31.7 Å². The molecular formula is C12H24N4. The third kappa shape index (κ3) is 3.61. The van der Waals surface area contributed by atoms with Gasteiger partial charge in [-0.3, -0.25) is 9.58 Å². The topological polar surface area (TPSA) is 47.1 Å². The number of aryl methyl sites for hydroxylation is 2. The number of rotatable bonds is 7. The Bertz CT molecular complexity index is 300. The highest BCUT2D eigenvalue weighted by Gasteiger charge is 2.08. The molecule has 1 heterocycles. The summed E-state index contributed by atoms with van der Waals surface area (Å²) in [4.78, 5) is 2.39. The summed E-state index contributed by atoms with van der Waals surface area (Å²) in [5.41, 5.74) is 8.06. The van der Waals surface area contributed by atoms with E-state index in [-0.39, 0.29) is 0 Å². The molecule has 0 amide bonds. The number of nitrogens with two attached hydrogens (primary N) is 1. The van der Waals surface area contributed by atoms with Crippen molar-refractivity contribution in [2.45, 2.75) is 33.2 Å². The van der Waals surface area contributed by atoms with Gasteiger partial charge in [-0.2, -0.15) is 5.10 Å². The molecule has 4 nitrogen and oxygen atoms in total. The first-order valence-corrected chi connectivity index (χ1v) is 6.15. The van der Waals surface area contributed by atoms with Gasteiger partial charge in [0.2, 0.25) is 0 Å². The molecule has 0 aliphatic heterocycles. The summed E-state index contributed by atoms with van der Waals surface area (Å²) in [5, 5.41) is 4.46. The van der Waals surface area contributed by atoms with Crippen LogP contribution in [0.2, 0.25) is 0 Å². The summed E-state index contributed by atoms with van der Waals surface area (Å²) in [6.45, 7) is 8.07. The monoisotopic (exact) mass is 224 g/mol. The minimum absolute atomic E-state index is 0.721. The summed E-state index contributed by atoms with van der Waals surface area (Å²) in [5.74, 6) is 0. The Balaban J connectivity index is 2.64. The van der Waals surface area contributed by atoms with Crippen molar-refractivity contribution in [3.05, 3.63) is 17.5 Å². The number of hydrogen-bond donors (Lipinski definition) is 1. The maximum atomic E-state index is 5.62. The zero-order valence-electron chi connectivity index (χ0n) is 10.7. The highest BCUT2D eigenvalue weighted by molar-refractivity contribution is 5.10. The molecule has 92 valence electrons. The summed E-state index contributed by atoms with van der Waals surface area (Å²) in [7, 11) is 2.01. The van der Waals surface area contributed by atoms with Crippen molar-refractivity contribution in [1.29, 1.82) is 0 Å². The highest BCUT2D eigenvalue weighted by Crippen LogP contribution is 2.07. The predicted octanol–water partition coefficient (Wildman–Crippen LogP) is 1.15. The van der Waals surface area contributed by atoms with E-state index in [9.17, 15) is 0 Å². The van der Waals surface area contributed by atoms with Crippen molar-refractivity contribution in [2.24, 2.45) is 12.8 Å². The average Bonchev–Trinajstić information content (AvgIpc) is 2.60. The van der Waals surface area contributed by atoms with E-state index in [0.29, 0.717) is 0 Å². The van der Waals surface area contributed by atoms with Gasteiger partial charge in [0, 0.05) is 26.7 Å². The Morgan fingerprint density at radius 2 is 2.12 bits per heavy atom. The van der Waals surface area contributed by atoms with Crippen LogP contribution in [-0.4, -0.2) is 34.3 Å². The highest BCUT2D eigenvalue weighted by atomic mass is 15.3. The molecule has 0 saturated heterocycles. The molecule has 0 fully saturated rings. The first kappa shape index (κ1) is 13.2. The lowest BCUT2D eigenvalue weighted by Gasteiger charge is -2.20. The Hall–Kier alpha value is -0.870. The smallest absolute Gasteiger partial charge is 0.0625 e. The van der Waals surface area contributed by atoms with Crippen LogP contribution in [0.4, 0.5) is 0 Å². The summed E-state index contributed by atoms with van der Waals surface area (Å²) in [6, 6.07) is 2.19. The van der Waals surface area contributed by atoms with Gasteiger partial charge in [-0.25, -0.2) is 0 Å². The Morgan fingerprint density at radius 1 is 1.38 bits per heavy atom. The molecule has 0 unspecified atom stereocenters. The standard InChI is InChI=1S/C12H24N4/c1-4-7-16(8-6-13)10-12-9-11(5-2)14-15(12)3/h9H,4-8,10,13H2,1-3H3. The van der Waals surface area contributed by atoms with Crippen molar-refractivity contribution in [3.8, 4) is 0 Å². The quantitative estimate of drug-likeness (QED) is 0.756. The molecule has 0 spiro atoms. The molecule has 0 saturated carbocycles. The maximum absolute atomic E-state index is 5.62. The van der Waals surface area contributed by atoms with Crippen molar-refractivity contribution >= 4 is 0 Å². The van der Waals surface area contributed by atoms with Crippen LogP contribution in [0.3, 0.4) is 0 Å². The van der Waals surface area contributed by atoms with Gasteiger partial charge in [0.05, 0.1) is 11.4 Å². The molecule has 16 heavy (non-hydrogen) atoms. The molecular weight excluding hydrogens is 200 g/mol. The SMILES string of the molecule is CCCN(CCN)Cc1cc(CC)nn1C. The van der Waals surface area contributed by atoms with E-state index in [1.807, 2.05) is 11.7 Å². The lowest BCUT2D eigenvalue weighted by Crippen LogP contribution is -2.30. The second-order valence-electron chi connectivity index (χ2n) is 4.17. The molecule has 0 aliphatic carbocycles. The maximum Gasteiger partial charge on any atom is 0.0625 e. The van der Waals surface area contributed by atoms with Crippen LogP contribution in [0.5, 0.6) is 0 Å². The summed E-state index contributed by atoms with van der Waals surface area (Å²) >= 11 is 0. The van der Waals surface area contributed by atoms with Crippen LogP contribution < -0.4 is 5.73 Å². The van der Waals surface area contributed by atoms with E-state index in [2.05, 4.69) is 29.9 Å². The Labute approximate surface area is 98.4 Å². The van der Waals surface area contributed by atoms with Gasteiger partial charge in [0.15, 0.2) is 0 Å². The minimum Gasteiger partial charge on any atom is -0.329 e. The molecule has 0 atom stereocenters. The number of hydrogen-bond acceptors (Lipinski definition) is 3. The molecule has 0 bridgehead atoms. The molecule has 0 aliphatic rings. The normalized spacial score (nSPS) is 11.3. The number of aromatic nitrogens is 2. The average molecular weight is 224 g/mol. The van der Waals surface area contributed by atoms with Crippen molar-refractivity contribution in [1.82, 2.24) is 14.7 Å². The molecule has 1 aromatic rings. The molecule has 1 rings (SSSR count). The fourth-order valence-corrected chi connectivity index (χ4v) is 1.89. The van der Waals surface area contributed by atoms with Crippen LogP contribution in [-0.2, 0) is 20.0 Å². The molecule has 0 aromatic carbocycles. The van der Waals surface area contributed by atoms with Crippen LogP contribution in [0.15, 0.2) is 6.07 Å². The van der Waals surface area contributed by atoms with Crippen LogP contribution >= 0.6 is 0 Å². The summed E-state index contributed by atoms with van der Waals surface area (Å²) in [6.07, 6.45) is 2.16. The lowest BCUT2D eigenvalue weighted by molar-refractivity contribution is 0.266. The van der Waals surface area contributed by atoms with Gasteiger partial charge in [0.25, 0.3) is 0 Å². The molecule has 1 aromatic heterocycles. The Kier molecular flexibility index (Phi) is 5.49. The molecule has 2 N–H and O–H groups in total. The largest absolute Gasteiger partial charge is 0.329 e. The van der Waals surface area contributed by atoms with Gasteiger partial charge >= 0.3 is 0 Å². The fraction of sp³-hybridized carbons (Fsp3) is 0.750. The third-order valence-corrected chi connectivity index (χ3v) is 2.76. The van der Waals surface area contributed by atoms with Crippen LogP contribution in [0.25, 0.3) is 0 Å². The van der Waals surface area contributed by atoms with Gasteiger partial charge in [-0.15, -0.1) is 0 Å².